The third kappa shape index (κ3) is 11.9. The van der Waals surface area contributed by atoms with Crippen molar-refractivity contribution in [3.63, 3.8) is 0 Å². The van der Waals surface area contributed by atoms with E-state index in [1.807, 2.05) is 6.92 Å². The van der Waals surface area contributed by atoms with Gasteiger partial charge in [0.15, 0.2) is 0 Å². The maximum Gasteiger partial charge on any atom is 0.327 e. The van der Waals surface area contributed by atoms with Crippen LogP contribution in [0.3, 0.4) is 0 Å². The molecule has 0 aromatic heterocycles. The monoisotopic (exact) mass is 490 g/mol. The maximum atomic E-state index is 12.9. The topological polar surface area (TPSA) is 220 Å². The average molecular weight is 491 g/mol. The van der Waals surface area contributed by atoms with Crippen molar-refractivity contribution in [3.05, 3.63) is 0 Å². The van der Waals surface area contributed by atoms with E-state index in [-0.39, 0.29) is 30.9 Å². The molecule has 0 rings (SSSR count). The first kappa shape index (κ1) is 30.6. The maximum absolute atomic E-state index is 12.9. The number of unbranched alkanes of at least 4 members (excludes halogenated alkanes) is 1. The van der Waals surface area contributed by atoms with Crippen molar-refractivity contribution in [3.8, 4) is 0 Å². The van der Waals surface area contributed by atoms with Crippen molar-refractivity contribution >= 4 is 42.2 Å². The second kappa shape index (κ2) is 16.3. The molecule has 0 radical (unpaired) electrons. The Balaban J connectivity index is 5.51. The first-order valence-electron chi connectivity index (χ1n) is 11.0. The molecule has 0 aliphatic rings. The van der Waals surface area contributed by atoms with Crippen LogP contribution in [0.5, 0.6) is 0 Å². The summed E-state index contributed by atoms with van der Waals surface area (Å²) in [7, 11) is 0. The van der Waals surface area contributed by atoms with Gasteiger partial charge in [0.25, 0.3) is 0 Å². The number of aliphatic carboxylic acids is 1. The van der Waals surface area contributed by atoms with Crippen molar-refractivity contribution in [2.45, 2.75) is 76.5 Å². The second-order valence-electron chi connectivity index (χ2n) is 7.91. The second-order valence-corrected chi connectivity index (χ2v) is 8.27. The zero-order valence-electron chi connectivity index (χ0n) is 19.2. The third-order valence-electron chi connectivity index (χ3n) is 5.25. The SMILES string of the molecule is CCC(C)C(N)C(=O)NC(CCC(N)=O)C(=O)NC(CCCCN)C(=O)NC(CS)C(=O)O. The number of amides is 4. The molecular formula is C20H38N6O6S. The quantitative estimate of drug-likeness (QED) is 0.0858. The van der Waals surface area contributed by atoms with E-state index in [4.69, 9.17) is 22.3 Å². The Bertz CT molecular complexity index is 679. The van der Waals surface area contributed by atoms with Gasteiger partial charge in [-0.3, -0.25) is 19.2 Å². The van der Waals surface area contributed by atoms with E-state index in [1.54, 1.807) is 6.92 Å². The fraction of sp³-hybridized carbons (Fsp3) is 0.750. The van der Waals surface area contributed by atoms with Gasteiger partial charge in [-0.05, 0) is 38.1 Å². The Morgan fingerprint density at radius 3 is 1.88 bits per heavy atom. The van der Waals surface area contributed by atoms with Crippen LogP contribution in [-0.4, -0.2) is 71.2 Å². The smallest absolute Gasteiger partial charge is 0.327 e. The van der Waals surface area contributed by atoms with E-state index >= 15 is 0 Å². The van der Waals surface area contributed by atoms with Crippen molar-refractivity contribution < 1.29 is 29.1 Å². The lowest BCUT2D eigenvalue weighted by atomic mass is 9.98. The fourth-order valence-electron chi connectivity index (χ4n) is 2.83. The highest BCUT2D eigenvalue weighted by atomic mass is 32.1. The number of carbonyl (C=O) groups is 5. The van der Waals surface area contributed by atoms with Gasteiger partial charge < -0.3 is 38.3 Å². The molecule has 12 nitrogen and oxygen atoms in total. The van der Waals surface area contributed by atoms with Gasteiger partial charge in [0, 0.05) is 12.2 Å². The highest BCUT2D eigenvalue weighted by molar-refractivity contribution is 7.80. The molecule has 0 spiro atoms. The third-order valence-corrected chi connectivity index (χ3v) is 5.61. The summed E-state index contributed by atoms with van der Waals surface area (Å²) in [5.41, 5.74) is 16.6. The molecule has 5 unspecified atom stereocenters. The molecule has 0 bridgehead atoms. The van der Waals surface area contributed by atoms with E-state index in [1.165, 1.54) is 0 Å². The molecule has 0 heterocycles. The standard InChI is InChI=1S/C20H38N6O6S/c1-3-11(2)16(23)19(30)25-13(7-8-15(22)27)18(29)24-12(6-4-5-9-21)17(28)26-14(10-33)20(31)32/h11-14,16,33H,3-10,21,23H2,1-2H3,(H2,22,27)(H,24,29)(H,25,30)(H,26,28)(H,31,32). The Morgan fingerprint density at radius 1 is 0.909 bits per heavy atom. The molecule has 0 aliphatic heterocycles. The summed E-state index contributed by atoms with van der Waals surface area (Å²) in [4.78, 5) is 60.5. The first-order valence-corrected chi connectivity index (χ1v) is 11.6. The highest BCUT2D eigenvalue weighted by Crippen LogP contribution is 2.08. The van der Waals surface area contributed by atoms with Gasteiger partial charge >= 0.3 is 5.97 Å². The van der Waals surface area contributed by atoms with Gasteiger partial charge in [0.1, 0.15) is 18.1 Å². The van der Waals surface area contributed by atoms with Crippen LogP contribution in [0, 0.1) is 5.92 Å². The Labute approximate surface area is 199 Å². The molecular weight excluding hydrogens is 452 g/mol. The number of nitrogens with one attached hydrogen (secondary N) is 3. The van der Waals surface area contributed by atoms with Crippen LogP contribution in [0.25, 0.3) is 0 Å². The first-order chi connectivity index (χ1) is 15.5. The van der Waals surface area contributed by atoms with Gasteiger partial charge in [-0.15, -0.1) is 0 Å². The zero-order chi connectivity index (χ0) is 25.6. The Hall–Kier alpha value is -2.38. The summed E-state index contributed by atoms with van der Waals surface area (Å²) in [6.45, 7) is 4.04. The summed E-state index contributed by atoms with van der Waals surface area (Å²) in [6, 6.07) is -4.35. The molecule has 4 amide bonds. The molecule has 190 valence electrons. The minimum absolute atomic E-state index is 0.0916. The molecule has 0 aliphatic carbocycles. The summed E-state index contributed by atoms with van der Waals surface area (Å²) in [6.07, 6.45) is 1.64. The number of hydrogen-bond acceptors (Lipinski definition) is 8. The van der Waals surface area contributed by atoms with Crippen LogP contribution >= 0.6 is 12.6 Å². The van der Waals surface area contributed by atoms with Crippen LogP contribution < -0.4 is 33.2 Å². The molecule has 0 fully saturated rings. The average Bonchev–Trinajstić information content (AvgIpc) is 2.77. The van der Waals surface area contributed by atoms with Crippen molar-refractivity contribution in [2.24, 2.45) is 23.1 Å². The summed E-state index contributed by atoms with van der Waals surface area (Å²) < 4.78 is 0. The lowest BCUT2D eigenvalue weighted by Gasteiger charge is -2.26. The number of nitrogens with two attached hydrogens (primary N) is 3. The van der Waals surface area contributed by atoms with E-state index in [0.717, 1.165) is 0 Å². The fourth-order valence-corrected chi connectivity index (χ4v) is 3.07. The number of carbonyl (C=O) groups excluding carboxylic acids is 4. The predicted molar refractivity (Wildman–Crippen MR) is 126 cm³/mol. The number of primary amides is 1. The number of thiol groups is 1. The van der Waals surface area contributed by atoms with E-state index in [9.17, 15) is 24.0 Å². The van der Waals surface area contributed by atoms with E-state index < -0.39 is 53.8 Å². The van der Waals surface area contributed by atoms with Gasteiger partial charge in [-0.2, -0.15) is 12.6 Å². The van der Waals surface area contributed by atoms with Crippen LogP contribution in [0.2, 0.25) is 0 Å². The minimum Gasteiger partial charge on any atom is -0.480 e. The normalized spacial score (nSPS) is 15.4. The number of carboxylic acids is 1. The van der Waals surface area contributed by atoms with Crippen LogP contribution in [-0.2, 0) is 24.0 Å². The summed E-state index contributed by atoms with van der Waals surface area (Å²) in [5.74, 6) is -4.22. The number of carboxylic acid groups (broad SMARTS) is 1. The zero-order valence-corrected chi connectivity index (χ0v) is 20.1. The van der Waals surface area contributed by atoms with Gasteiger partial charge in [-0.25, -0.2) is 4.79 Å². The molecule has 0 aromatic rings. The molecule has 0 aromatic carbocycles. The molecule has 10 N–H and O–H groups in total. The van der Waals surface area contributed by atoms with Crippen molar-refractivity contribution in [1.29, 1.82) is 0 Å². The largest absolute Gasteiger partial charge is 0.480 e. The Kier molecular flexibility index (Phi) is 15.1. The van der Waals surface area contributed by atoms with E-state index in [2.05, 4.69) is 28.6 Å². The summed E-state index contributed by atoms with van der Waals surface area (Å²) in [5, 5.41) is 16.5. The van der Waals surface area contributed by atoms with E-state index in [0.29, 0.717) is 25.8 Å². The lowest BCUT2D eigenvalue weighted by Crippen LogP contribution is -2.57. The van der Waals surface area contributed by atoms with Crippen LogP contribution in [0.1, 0.15) is 52.4 Å². The molecule has 0 saturated carbocycles. The van der Waals surface area contributed by atoms with Gasteiger partial charge in [0.05, 0.1) is 6.04 Å². The van der Waals surface area contributed by atoms with Crippen LogP contribution in [0.15, 0.2) is 0 Å². The van der Waals surface area contributed by atoms with Gasteiger partial charge in [0.2, 0.25) is 23.6 Å². The predicted octanol–water partition coefficient (Wildman–Crippen LogP) is -1.78. The molecule has 13 heteroatoms. The molecule has 0 saturated heterocycles. The molecule has 5 atom stereocenters. The summed E-state index contributed by atoms with van der Waals surface area (Å²) >= 11 is 3.91. The number of rotatable bonds is 17. The van der Waals surface area contributed by atoms with Crippen LogP contribution in [0.4, 0.5) is 0 Å². The molecule has 33 heavy (non-hydrogen) atoms. The Morgan fingerprint density at radius 2 is 1.42 bits per heavy atom. The number of hydrogen-bond donors (Lipinski definition) is 8. The highest BCUT2D eigenvalue weighted by Gasteiger charge is 2.30. The van der Waals surface area contributed by atoms with Crippen molar-refractivity contribution in [2.75, 3.05) is 12.3 Å². The van der Waals surface area contributed by atoms with Gasteiger partial charge in [-0.1, -0.05) is 20.3 Å². The lowest BCUT2D eigenvalue weighted by molar-refractivity contribution is -0.141. The minimum atomic E-state index is -1.27. The van der Waals surface area contributed by atoms with Crippen molar-refractivity contribution in [1.82, 2.24) is 16.0 Å².